The second kappa shape index (κ2) is 8.62. The van der Waals surface area contributed by atoms with Gasteiger partial charge in [-0.1, -0.05) is 16.8 Å². The third-order valence-corrected chi connectivity index (χ3v) is 4.43. The van der Waals surface area contributed by atoms with Gasteiger partial charge in [-0.05, 0) is 78.6 Å². The van der Waals surface area contributed by atoms with Crippen LogP contribution in [0.15, 0.2) is 74.6 Å². The van der Waals surface area contributed by atoms with Crippen LogP contribution in [-0.4, -0.2) is 16.2 Å². The second-order valence-electron chi connectivity index (χ2n) is 6.38. The van der Waals surface area contributed by atoms with Gasteiger partial charge >= 0.3 is 5.97 Å². The zero-order valence-corrected chi connectivity index (χ0v) is 16.4. The first-order valence-electron chi connectivity index (χ1n) is 8.61. The van der Waals surface area contributed by atoms with Crippen molar-refractivity contribution in [1.82, 2.24) is 0 Å². The van der Waals surface area contributed by atoms with E-state index in [4.69, 9.17) is 16.9 Å². The summed E-state index contributed by atoms with van der Waals surface area (Å²) in [6.07, 6.45) is 0. The molecule has 0 unspecified atom stereocenters. The molecule has 29 heavy (non-hydrogen) atoms. The third-order valence-electron chi connectivity index (χ3n) is 4.36. The van der Waals surface area contributed by atoms with Crippen LogP contribution in [0.25, 0.3) is 11.1 Å². The van der Waals surface area contributed by atoms with Gasteiger partial charge in [0.2, 0.25) is 0 Å². The summed E-state index contributed by atoms with van der Waals surface area (Å²) < 4.78 is 3.29. The first-order valence-corrected chi connectivity index (χ1v) is 8.94. The van der Waals surface area contributed by atoms with E-state index >= 15 is 0 Å². The van der Waals surface area contributed by atoms with Crippen LogP contribution in [0.4, 0.5) is 17.1 Å². The van der Waals surface area contributed by atoms with Crippen molar-refractivity contribution >= 4 is 34.8 Å². The third kappa shape index (κ3) is 4.64. The van der Waals surface area contributed by atoms with E-state index in [9.17, 15) is 9.90 Å². The quantitative estimate of drug-likeness (QED) is 0.442. The molecule has 0 aliphatic carbocycles. The summed E-state index contributed by atoms with van der Waals surface area (Å²) >= 11 is 5.31. The summed E-state index contributed by atoms with van der Waals surface area (Å²) in [7, 11) is 0. The molecule has 0 spiro atoms. The minimum atomic E-state index is -1.23. The predicted molar refractivity (Wildman–Crippen MR) is 111 cm³/mol. The van der Waals surface area contributed by atoms with Gasteiger partial charge < -0.3 is 10.2 Å². The van der Waals surface area contributed by atoms with Crippen molar-refractivity contribution in [2.45, 2.75) is 13.8 Å². The molecule has 3 rings (SSSR count). The maximum absolute atomic E-state index is 11.1. The lowest BCUT2D eigenvalue weighted by Gasteiger charge is -2.07. The van der Waals surface area contributed by atoms with Gasteiger partial charge in [0, 0.05) is 0 Å². The van der Waals surface area contributed by atoms with E-state index in [1.165, 1.54) is 18.2 Å². The van der Waals surface area contributed by atoms with Crippen LogP contribution >= 0.6 is 11.8 Å². The molecule has 3 aromatic carbocycles. The molecular formula is C21H17ClN4O3. The molecule has 0 saturated heterocycles. The average molecular weight is 409 g/mol. The molecule has 0 aliphatic heterocycles. The van der Waals surface area contributed by atoms with Crippen molar-refractivity contribution in [2.75, 3.05) is 0 Å². The molecule has 0 aromatic heterocycles. The first kappa shape index (κ1) is 20.2. The number of phenols is 1. The highest BCUT2D eigenvalue weighted by atomic mass is 35.5. The van der Waals surface area contributed by atoms with Crippen molar-refractivity contribution in [1.29, 1.82) is 0 Å². The van der Waals surface area contributed by atoms with Crippen LogP contribution < -0.4 is 0 Å². The Labute approximate surface area is 172 Å². The number of benzene rings is 3. The van der Waals surface area contributed by atoms with Crippen molar-refractivity contribution < 1.29 is 15.0 Å². The Kier molecular flexibility index (Phi) is 5.99. The topological polar surface area (TPSA) is 107 Å². The molecule has 0 aliphatic rings. The Morgan fingerprint density at radius 1 is 0.828 bits per heavy atom. The standard InChI is InChI=1S/C21H17ClN4O3/c1-12-9-14(15-4-7-19(25-26-22)13(2)10-15)3-6-18(12)24-23-16-5-8-20(27)17(11-16)21(28)29/h3-11,27H,1-2H3,(H,28,29). The molecule has 8 heteroatoms. The molecule has 0 heterocycles. The monoisotopic (exact) mass is 408 g/mol. The van der Waals surface area contributed by atoms with E-state index < -0.39 is 5.97 Å². The summed E-state index contributed by atoms with van der Waals surface area (Å²) in [5.74, 6) is -1.54. The lowest BCUT2D eigenvalue weighted by molar-refractivity contribution is 0.0694. The van der Waals surface area contributed by atoms with Crippen LogP contribution in [0.1, 0.15) is 21.5 Å². The first-order chi connectivity index (χ1) is 13.9. The Morgan fingerprint density at radius 2 is 1.41 bits per heavy atom. The number of hydrogen-bond donors (Lipinski definition) is 2. The smallest absolute Gasteiger partial charge is 0.339 e. The Bertz CT molecular complexity index is 1140. The number of carbonyl (C=O) groups is 1. The molecule has 146 valence electrons. The number of rotatable bonds is 5. The zero-order chi connectivity index (χ0) is 21.0. The Morgan fingerprint density at radius 3 is 1.93 bits per heavy atom. The average Bonchev–Trinajstić information content (AvgIpc) is 2.69. The predicted octanol–water partition coefficient (Wildman–Crippen LogP) is 7.03. The van der Waals surface area contributed by atoms with E-state index in [1.54, 1.807) is 0 Å². The van der Waals surface area contributed by atoms with Crippen molar-refractivity contribution in [3.63, 3.8) is 0 Å². The van der Waals surface area contributed by atoms with Crippen LogP contribution in [0.3, 0.4) is 0 Å². The number of azo groups is 1. The zero-order valence-electron chi connectivity index (χ0n) is 15.7. The summed E-state index contributed by atoms with van der Waals surface area (Å²) in [6.45, 7) is 3.85. The highest BCUT2D eigenvalue weighted by Gasteiger charge is 2.10. The lowest BCUT2D eigenvalue weighted by atomic mass is 10.0. The number of halogens is 1. The highest BCUT2D eigenvalue weighted by Crippen LogP contribution is 2.31. The SMILES string of the molecule is Cc1cc(-c2ccc(N=Nc3ccc(O)c(C(=O)O)c3)c(C)c2)ccc1N=NCl. The largest absolute Gasteiger partial charge is 0.507 e. The number of carboxylic acids is 1. The Balaban J connectivity index is 1.87. The fourth-order valence-electron chi connectivity index (χ4n) is 2.80. The number of nitrogens with zero attached hydrogens (tertiary/aromatic N) is 4. The summed E-state index contributed by atoms with van der Waals surface area (Å²) in [4.78, 5) is 11.1. The van der Waals surface area contributed by atoms with E-state index in [2.05, 4.69) is 20.0 Å². The van der Waals surface area contributed by atoms with E-state index in [0.717, 1.165) is 22.3 Å². The van der Waals surface area contributed by atoms with Gasteiger partial charge in [0.05, 0.1) is 28.8 Å². The Hall–Kier alpha value is -3.58. The number of aromatic hydroxyl groups is 1. The van der Waals surface area contributed by atoms with Gasteiger partial charge in [0.25, 0.3) is 0 Å². The molecule has 0 fully saturated rings. The molecule has 0 amide bonds. The van der Waals surface area contributed by atoms with Crippen LogP contribution in [0.2, 0.25) is 0 Å². The molecule has 0 bridgehead atoms. The second-order valence-corrected chi connectivity index (χ2v) is 6.54. The fraction of sp³-hybridized carbons (Fsp3) is 0.0952. The highest BCUT2D eigenvalue weighted by molar-refractivity contribution is 6.14. The number of hydrogen-bond acceptors (Lipinski definition) is 6. The van der Waals surface area contributed by atoms with Gasteiger partial charge in [-0.15, -0.1) is 5.11 Å². The molecular weight excluding hydrogens is 392 g/mol. The summed E-state index contributed by atoms with van der Waals surface area (Å²) in [6, 6.07) is 15.6. The maximum Gasteiger partial charge on any atom is 0.339 e. The lowest BCUT2D eigenvalue weighted by Crippen LogP contribution is -1.95. The van der Waals surface area contributed by atoms with Gasteiger partial charge in [-0.3, -0.25) is 0 Å². The van der Waals surface area contributed by atoms with E-state index in [1.807, 2.05) is 50.2 Å². The van der Waals surface area contributed by atoms with Gasteiger partial charge in [-0.2, -0.15) is 10.2 Å². The van der Waals surface area contributed by atoms with Crippen molar-refractivity contribution in [3.05, 3.63) is 71.3 Å². The maximum atomic E-state index is 11.1. The van der Waals surface area contributed by atoms with E-state index in [-0.39, 0.29) is 11.3 Å². The van der Waals surface area contributed by atoms with Gasteiger partial charge in [0.1, 0.15) is 11.3 Å². The van der Waals surface area contributed by atoms with E-state index in [0.29, 0.717) is 17.1 Å². The van der Waals surface area contributed by atoms with Crippen molar-refractivity contribution in [3.8, 4) is 16.9 Å². The van der Waals surface area contributed by atoms with Gasteiger partial charge in [-0.25, -0.2) is 4.79 Å². The molecule has 2 N–H and O–H groups in total. The number of aromatic carboxylic acids is 1. The molecule has 3 aromatic rings. The summed E-state index contributed by atoms with van der Waals surface area (Å²) in [5.41, 5.74) is 5.37. The van der Waals surface area contributed by atoms with Crippen LogP contribution in [-0.2, 0) is 0 Å². The fourth-order valence-corrected chi connectivity index (χ4v) is 2.89. The molecule has 0 atom stereocenters. The summed E-state index contributed by atoms with van der Waals surface area (Å²) in [5, 5.41) is 30.8. The molecule has 0 radical (unpaired) electrons. The number of carboxylic acid groups (broad SMARTS) is 1. The van der Waals surface area contributed by atoms with Gasteiger partial charge in [0.15, 0.2) is 0 Å². The molecule has 7 nitrogen and oxygen atoms in total. The minimum absolute atomic E-state index is 0.221. The number of aryl methyl sites for hydroxylation is 2. The minimum Gasteiger partial charge on any atom is -0.507 e. The van der Waals surface area contributed by atoms with Crippen LogP contribution in [0.5, 0.6) is 5.75 Å². The van der Waals surface area contributed by atoms with Crippen LogP contribution in [0, 0.1) is 13.8 Å². The molecule has 0 saturated carbocycles. The van der Waals surface area contributed by atoms with Crippen molar-refractivity contribution in [2.24, 2.45) is 20.0 Å². The normalized spacial score (nSPS) is 11.4.